The molecule has 63 heavy (non-hydrogen) atoms. The Morgan fingerprint density at radius 1 is 0.810 bits per heavy atom. The first-order chi connectivity index (χ1) is 30.4. The van der Waals surface area contributed by atoms with Gasteiger partial charge in [-0.3, -0.25) is 0 Å². The minimum Gasteiger partial charge on any atom is -0.382 e. The maximum atomic E-state index is 15.3. The number of nitrogens with one attached hydrogen (secondary N) is 1. The van der Waals surface area contributed by atoms with Gasteiger partial charge in [0.05, 0.1) is 14.7 Å². The van der Waals surface area contributed by atoms with E-state index in [1.54, 1.807) is 36.4 Å². The van der Waals surface area contributed by atoms with Crippen LogP contribution in [0, 0.1) is 6.92 Å². The highest BCUT2D eigenvalue weighted by molar-refractivity contribution is 7.95. The molecule has 6 aromatic carbocycles. The van der Waals surface area contributed by atoms with Crippen LogP contribution in [0.1, 0.15) is 83.4 Å². The van der Waals surface area contributed by atoms with E-state index in [1.165, 1.54) is 16.3 Å². The lowest BCUT2D eigenvalue weighted by Crippen LogP contribution is -2.20. The molecule has 1 N–H and O–H groups in total. The summed E-state index contributed by atoms with van der Waals surface area (Å²) >= 11 is 0. The van der Waals surface area contributed by atoms with Crippen LogP contribution in [-0.2, 0) is 20.5 Å². The molecule has 322 valence electrons. The number of benzene rings is 6. The van der Waals surface area contributed by atoms with Crippen LogP contribution in [0.15, 0.2) is 166 Å². The summed E-state index contributed by atoms with van der Waals surface area (Å²) in [7, 11) is -6.91. The van der Waals surface area contributed by atoms with E-state index in [0.717, 1.165) is 80.7 Å². The number of nitrogens with zero attached hydrogens (tertiary/aromatic N) is 1. The van der Waals surface area contributed by atoms with E-state index < -0.39 is 20.5 Å². The summed E-state index contributed by atoms with van der Waals surface area (Å²) in [5.74, 6) is 0. The number of anilines is 1. The molecule has 0 bridgehead atoms. The molecule has 1 aliphatic carbocycles. The molecule has 1 aromatic heterocycles. The van der Waals surface area contributed by atoms with Gasteiger partial charge in [-0.2, -0.15) is 0 Å². The van der Waals surface area contributed by atoms with E-state index >= 15 is 8.42 Å². The van der Waals surface area contributed by atoms with E-state index in [1.807, 2.05) is 37.3 Å². The normalized spacial score (nSPS) is 15.5. The number of rotatable bonds is 15. The molecule has 0 spiro atoms. The fraction of sp³-hybridized carbons (Fsp3) is 0.236. The highest BCUT2D eigenvalue weighted by Crippen LogP contribution is 2.41. The van der Waals surface area contributed by atoms with Crippen LogP contribution in [0.2, 0.25) is 0 Å². The van der Waals surface area contributed by atoms with Crippen LogP contribution in [0.3, 0.4) is 0 Å². The Kier molecular flexibility index (Phi) is 12.8. The van der Waals surface area contributed by atoms with Gasteiger partial charge in [-0.05, 0) is 139 Å². The van der Waals surface area contributed by atoms with Crippen molar-refractivity contribution >= 4 is 70.3 Å². The van der Waals surface area contributed by atoms with E-state index in [4.69, 9.17) is 0 Å². The molecule has 1 heterocycles. The van der Waals surface area contributed by atoms with Crippen molar-refractivity contribution in [1.29, 1.82) is 0 Å². The van der Waals surface area contributed by atoms with Crippen molar-refractivity contribution in [3.05, 3.63) is 173 Å². The maximum Gasteiger partial charge on any atom is 0.207 e. The third-order valence-electron chi connectivity index (χ3n) is 12.5. The summed E-state index contributed by atoms with van der Waals surface area (Å²) < 4.78 is 57.0. The monoisotopic (exact) mass is 872 g/mol. The van der Waals surface area contributed by atoms with E-state index in [-0.39, 0.29) is 15.8 Å². The zero-order valence-electron chi connectivity index (χ0n) is 36.8. The molecular formula is C55H56N2O4S2. The number of aryl methyl sites for hydroxylation is 1. The molecule has 0 aliphatic heterocycles. The van der Waals surface area contributed by atoms with Crippen molar-refractivity contribution in [2.45, 2.75) is 95.0 Å². The molecule has 7 aromatic rings. The van der Waals surface area contributed by atoms with Crippen LogP contribution in [0.5, 0.6) is 0 Å². The smallest absolute Gasteiger partial charge is 0.207 e. The minimum absolute atomic E-state index is 0.155. The fourth-order valence-electron chi connectivity index (χ4n) is 9.51. The molecule has 2 unspecified atom stereocenters. The lowest BCUT2D eigenvalue weighted by molar-refractivity contribution is 0.507. The molecule has 8 rings (SSSR count). The largest absolute Gasteiger partial charge is 0.382 e. The second-order valence-electron chi connectivity index (χ2n) is 17.0. The Hall–Kier alpha value is -5.96. The van der Waals surface area contributed by atoms with Gasteiger partial charge in [-0.25, -0.2) is 16.8 Å². The highest BCUT2D eigenvalue weighted by atomic mass is 32.2. The molecule has 0 saturated heterocycles. The second kappa shape index (κ2) is 18.4. The summed E-state index contributed by atoms with van der Waals surface area (Å²) in [5, 5.41) is 10.5. The number of hydrogen-bond donors (Lipinski definition) is 2. The first-order valence-electron chi connectivity index (χ1n) is 22.1. The number of aromatic nitrogens is 1. The first kappa shape index (κ1) is 43.7. The fourth-order valence-corrected chi connectivity index (χ4v) is 11.7. The number of fused-ring (bicyclic) bond motifs is 1. The van der Waals surface area contributed by atoms with Crippen molar-refractivity contribution in [1.82, 2.24) is 4.57 Å². The number of allylic oxidation sites excluding steroid dienone is 6. The SMILES string of the molecule is C=C(/C=C/C1=C(S(=O)(=O)c2ccc(C)c(-c3cccc([SH](=O)=O)c3)c2)C(=C/C=c2\c3cccc4cccc(c43)n2C(C)CCC)/CC1)c1cccc2cccc(NC(C)CCC)c12. The zero-order chi connectivity index (χ0) is 44.4. The highest BCUT2D eigenvalue weighted by Gasteiger charge is 2.31. The predicted octanol–water partition coefficient (Wildman–Crippen LogP) is 13.1. The summed E-state index contributed by atoms with van der Waals surface area (Å²) in [6.45, 7) is 15.3. The number of thiol groups is 1. The lowest BCUT2D eigenvalue weighted by atomic mass is 9.96. The van der Waals surface area contributed by atoms with Crippen molar-refractivity contribution in [2.24, 2.45) is 0 Å². The third kappa shape index (κ3) is 8.59. The second-order valence-corrected chi connectivity index (χ2v) is 19.9. The predicted molar refractivity (Wildman–Crippen MR) is 266 cm³/mol. The molecule has 0 amide bonds. The molecule has 0 saturated carbocycles. The van der Waals surface area contributed by atoms with Crippen molar-refractivity contribution < 1.29 is 16.8 Å². The molecule has 2 atom stereocenters. The van der Waals surface area contributed by atoms with Gasteiger partial charge in [-0.15, -0.1) is 0 Å². The average Bonchev–Trinajstić information content (AvgIpc) is 3.85. The Morgan fingerprint density at radius 2 is 1.51 bits per heavy atom. The van der Waals surface area contributed by atoms with Gasteiger partial charge >= 0.3 is 0 Å². The summed E-state index contributed by atoms with van der Waals surface area (Å²) in [6.07, 6.45) is 13.3. The molecule has 6 nitrogen and oxygen atoms in total. The van der Waals surface area contributed by atoms with Crippen molar-refractivity contribution in [2.75, 3.05) is 5.32 Å². The number of hydrogen-bond acceptors (Lipinski definition) is 5. The van der Waals surface area contributed by atoms with Gasteiger partial charge in [0.25, 0.3) is 0 Å². The average molecular weight is 873 g/mol. The van der Waals surface area contributed by atoms with Crippen LogP contribution >= 0.6 is 0 Å². The van der Waals surface area contributed by atoms with E-state index in [2.05, 4.69) is 117 Å². The van der Waals surface area contributed by atoms with Gasteiger partial charge in [-0.1, -0.05) is 130 Å². The van der Waals surface area contributed by atoms with Gasteiger partial charge in [0, 0.05) is 44.8 Å². The standard InChI is InChI=1S/C55H56N2O4S2/c1-7-14-38(5)56-50-24-12-18-40-16-10-22-47(53(40)50)36(3)26-28-42-29-30-43(31-33-51-48-23-11-17-41-19-13-25-52(54(41)48)57(51)39(6)15-8-2)55(42)63(60,61)46-32-27-37(4)49(35-46)44-20-9-21-45(34-44)62(58)59/h9-13,16-28,31-35,38-39,56,62H,3,7-8,14-15,29-30H2,1-2,4-6H3/b28-26+,43-31+,51-33+. The Labute approximate surface area is 373 Å². The summed E-state index contributed by atoms with van der Waals surface area (Å²) in [6, 6.07) is 37.7. The number of sulfone groups is 1. The topological polar surface area (TPSA) is 85.2 Å². The van der Waals surface area contributed by atoms with E-state index in [0.29, 0.717) is 34.9 Å². The van der Waals surface area contributed by atoms with Crippen LogP contribution in [-0.4, -0.2) is 27.4 Å². The third-order valence-corrected chi connectivity index (χ3v) is 15.2. The Morgan fingerprint density at radius 3 is 2.25 bits per heavy atom. The van der Waals surface area contributed by atoms with Crippen molar-refractivity contribution in [3.8, 4) is 11.1 Å². The van der Waals surface area contributed by atoms with Crippen molar-refractivity contribution in [3.63, 3.8) is 0 Å². The lowest BCUT2D eigenvalue weighted by Gasteiger charge is -2.18. The molecule has 0 radical (unpaired) electrons. The Bertz CT molecular complexity index is 3240. The molecule has 1 aliphatic rings. The van der Waals surface area contributed by atoms with E-state index in [9.17, 15) is 8.42 Å². The first-order valence-corrected chi connectivity index (χ1v) is 24.8. The summed E-state index contributed by atoms with van der Waals surface area (Å²) in [4.78, 5) is 0.628. The Balaban J connectivity index is 1.30. The van der Waals surface area contributed by atoms with Crippen LogP contribution in [0.25, 0.3) is 55.2 Å². The summed E-state index contributed by atoms with van der Waals surface area (Å²) in [5.41, 5.74) is 7.61. The van der Waals surface area contributed by atoms with Gasteiger partial charge in [0.1, 0.15) is 0 Å². The molecule has 8 heteroatoms. The zero-order valence-corrected chi connectivity index (χ0v) is 38.5. The van der Waals surface area contributed by atoms with Gasteiger partial charge < -0.3 is 9.88 Å². The van der Waals surface area contributed by atoms with Crippen LogP contribution < -0.4 is 10.7 Å². The minimum atomic E-state index is -4.10. The van der Waals surface area contributed by atoms with Gasteiger partial charge in [0.15, 0.2) is 10.7 Å². The quantitative estimate of drug-likeness (QED) is 0.0792. The molecular weight excluding hydrogens is 817 g/mol. The van der Waals surface area contributed by atoms with Gasteiger partial charge in [0.2, 0.25) is 9.84 Å². The molecule has 0 fully saturated rings. The van der Waals surface area contributed by atoms with Crippen LogP contribution in [0.4, 0.5) is 5.69 Å². The maximum absolute atomic E-state index is 15.3.